The minimum absolute atomic E-state index is 0.160. The molecule has 0 fully saturated rings. The van der Waals surface area contributed by atoms with Crippen molar-refractivity contribution in [3.8, 4) is 0 Å². The van der Waals surface area contributed by atoms with E-state index in [1.807, 2.05) is 24.3 Å². The number of carbonyl (C=O) groups is 1. The third-order valence-corrected chi connectivity index (χ3v) is 3.59. The molecule has 0 amide bonds. The maximum absolute atomic E-state index is 13.5. The van der Waals surface area contributed by atoms with Crippen LogP contribution in [0.4, 0.5) is 8.78 Å². The number of para-hydroxylation sites is 1. The van der Waals surface area contributed by atoms with Crippen LogP contribution < -0.4 is 0 Å². The Morgan fingerprint density at radius 2 is 1.91 bits per heavy atom. The number of rotatable bonds is 3. The number of carbonyl (C=O) groups excluding carboxylic acids is 1. The number of nitrogens with zero attached hydrogens (tertiary/aromatic N) is 1. The predicted molar refractivity (Wildman–Crippen MR) is 82.2 cm³/mol. The lowest BCUT2D eigenvalue weighted by molar-refractivity contribution is 0.0467. The van der Waals surface area contributed by atoms with Crippen LogP contribution in [-0.2, 0) is 11.3 Å². The van der Waals surface area contributed by atoms with Crippen LogP contribution in [0.5, 0.6) is 0 Å². The molecule has 0 aliphatic carbocycles. The Morgan fingerprint density at radius 3 is 2.70 bits per heavy atom. The van der Waals surface area contributed by atoms with Gasteiger partial charge in [-0.15, -0.1) is 0 Å². The summed E-state index contributed by atoms with van der Waals surface area (Å²) >= 11 is 6.06. The van der Waals surface area contributed by atoms with Crippen LogP contribution in [0.1, 0.15) is 15.9 Å². The van der Waals surface area contributed by atoms with Gasteiger partial charge in [-0.25, -0.2) is 18.6 Å². The van der Waals surface area contributed by atoms with Crippen molar-refractivity contribution < 1.29 is 18.3 Å². The molecular formula is C17H10ClF2NO2. The second-order valence-electron chi connectivity index (χ2n) is 4.83. The Bertz CT molecular complexity index is 899. The Labute approximate surface area is 135 Å². The summed E-state index contributed by atoms with van der Waals surface area (Å²) in [4.78, 5) is 16.1. The highest BCUT2D eigenvalue weighted by Crippen LogP contribution is 2.21. The Morgan fingerprint density at radius 1 is 1.13 bits per heavy atom. The summed E-state index contributed by atoms with van der Waals surface area (Å²) in [5.74, 6) is -2.63. The second kappa shape index (κ2) is 6.30. The summed E-state index contributed by atoms with van der Waals surface area (Å²) in [5.41, 5.74) is 0.884. The molecule has 1 heterocycles. The average Bonchev–Trinajstić information content (AvgIpc) is 2.52. The molecule has 3 rings (SSSR count). The third-order valence-electron chi connectivity index (χ3n) is 3.26. The third kappa shape index (κ3) is 3.29. The number of hydrogen-bond donors (Lipinski definition) is 0. The van der Waals surface area contributed by atoms with Gasteiger partial charge in [0.1, 0.15) is 23.4 Å². The first-order chi connectivity index (χ1) is 11.0. The molecule has 3 nitrogen and oxygen atoms in total. The Balaban J connectivity index is 1.80. The fourth-order valence-corrected chi connectivity index (χ4v) is 2.31. The molecule has 0 aliphatic rings. The number of aromatic nitrogens is 1. The lowest BCUT2D eigenvalue weighted by Crippen LogP contribution is -2.08. The molecule has 3 aromatic rings. The fraction of sp³-hybridized carbons (Fsp3) is 0.0588. The van der Waals surface area contributed by atoms with Gasteiger partial charge in [-0.1, -0.05) is 29.8 Å². The molecular weight excluding hydrogens is 324 g/mol. The molecule has 0 aliphatic heterocycles. The zero-order valence-electron chi connectivity index (χ0n) is 11.7. The SMILES string of the molecule is O=C(OCc1cc2ccccc2nc1Cl)c1ccc(F)cc1F. The molecule has 1 aromatic heterocycles. The number of halogens is 3. The van der Waals surface area contributed by atoms with Gasteiger partial charge in [0.05, 0.1) is 11.1 Å². The topological polar surface area (TPSA) is 39.2 Å². The smallest absolute Gasteiger partial charge is 0.341 e. The first-order valence-corrected chi connectivity index (χ1v) is 7.09. The first kappa shape index (κ1) is 15.4. The van der Waals surface area contributed by atoms with Crippen LogP contribution in [0.15, 0.2) is 48.5 Å². The molecule has 0 atom stereocenters. The van der Waals surface area contributed by atoms with Gasteiger partial charge < -0.3 is 4.74 Å². The quantitative estimate of drug-likeness (QED) is 0.522. The first-order valence-electron chi connectivity index (χ1n) is 6.71. The van der Waals surface area contributed by atoms with Crippen molar-refractivity contribution in [2.24, 2.45) is 0 Å². The minimum atomic E-state index is -0.974. The minimum Gasteiger partial charge on any atom is -0.457 e. The summed E-state index contributed by atoms with van der Waals surface area (Å²) in [6.45, 7) is -0.160. The van der Waals surface area contributed by atoms with E-state index in [9.17, 15) is 13.6 Å². The van der Waals surface area contributed by atoms with E-state index < -0.39 is 17.6 Å². The van der Waals surface area contributed by atoms with E-state index in [0.717, 1.165) is 23.0 Å². The number of pyridine rings is 1. The van der Waals surface area contributed by atoms with Crippen LogP contribution in [0, 0.1) is 11.6 Å². The molecule has 6 heteroatoms. The molecule has 116 valence electrons. The number of ether oxygens (including phenoxy) is 1. The van der Waals surface area contributed by atoms with E-state index in [-0.39, 0.29) is 17.3 Å². The normalized spacial score (nSPS) is 10.7. The zero-order valence-corrected chi connectivity index (χ0v) is 12.5. The summed E-state index contributed by atoms with van der Waals surface area (Å²) < 4.78 is 31.4. The number of esters is 1. The molecule has 0 saturated carbocycles. The molecule has 2 aromatic carbocycles. The standard InChI is InChI=1S/C17H10ClF2NO2/c18-16-11(7-10-3-1-2-4-15(10)21-16)9-23-17(22)13-6-5-12(19)8-14(13)20/h1-8H,9H2. The van der Waals surface area contributed by atoms with Crippen LogP contribution in [0.2, 0.25) is 5.15 Å². The van der Waals surface area contributed by atoms with Crippen molar-refractivity contribution in [3.05, 3.63) is 76.4 Å². The zero-order chi connectivity index (χ0) is 16.4. The molecule has 0 N–H and O–H groups in total. The van der Waals surface area contributed by atoms with E-state index >= 15 is 0 Å². The van der Waals surface area contributed by atoms with Crippen LogP contribution >= 0.6 is 11.6 Å². The molecule has 0 saturated heterocycles. The summed E-state index contributed by atoms with van der Waals surface area (Å²) in [6.07, 6.45) is 0. The summed E-state index contributed by atoms with van der Waals surface area (Å²) in [7, 11) is 0. The average molecular weight is 334 g/mol. The van der Waals surface area contributed by atoms with Crippen molar-refractivity contribution in [3.63, 3.8) is 0 Å². The van der Waals surface area contributed by atoms with Gasteiger partial charge in [-0.3, -0.25) is 0 Å². The monoisotopic (exact) mass is 333 g/mol. The van der Waals surface area contributed by atoms with E-state index in [1.165, 1.54) is 0 Å². The van der Waals surface area contributed by atoms with Gasteiger partial charge >= 0.3 is 5.97 Å². The number of benzene rings is 2. The molecule has 23 heavy (non-hydrogen) atoms. The predicted octanol–water partition coefficient (Wildman–Crippen LogP) is 4.52. The Hall–Kier alpha value is -2.53. The van der Waals surface area contributed by atoms with Crippen LogP contribution in [0.25, 0.3) is 10.9 Å². The molecule has 0 spiro atoms. The maximum Gasteiger partial charge on any atom is 0.341 e. The molecule has 0 unspecified atom stereocenters. The van der Waals surface area contributed by atoms with E-state index in [0.29, 0.717) is 11.6 Å². The largest absolute Gasteiger partial charge is 0.457 e. The highest BCUT2D eigenvalue weighted by molar-refractivity contribution is 6.30. The van der Waals surface area contributed by atoms with Crippen molar-refractivity contribution >= 4 is 28.5 Å². The molecule has 0 radical (unpaired) electrons. The lowest BCUT2D eigenvalue weighted by atomic mass is 10.1. The van der Waals surface area contributed by atoms with Crippen molar-refractivity contribution in [1.29, 1.82) is 0 Å². The van der Waals surface area contributed by atoms with Gasteiger partial charge in [0.2, 0.25) is 0 Å². The van der Waals surface area contributed by atoms with Crippen LogP contribution in [0.3, 0.4) is 0 Å². The van der Waals surface area contributed by atoms with Gasteiger partial charge in [0, 0.05) is 17.0 Å². The van der Waals surface area contributed by atoms with Gasteiger partial charge in [-0.05, 0) is 24.3 Å². The fourth-order valence-electron chi connectivity index (χ4n) is 2.11. The summed E-state index contributed by atoms with van der Waals surface area (Å²) in [6, 6.07) is 11.7. The van der Waals surface area contributed by atoms with Crippen molar-refractivity contribution in [2.45, 2.75) is 6.61 Å². The lowest BCUT2D eigenvalue weighted by Gasteiger charge is -2.08. The molecule has 0 bridgehead atoms. The van der Waals surface area contributed by atoms with Gasteiger partial charge in [0.25, 0.3) is 0 Å². The number of fused-ring (bicyclic) bond motifs is 1. The van der Waals surface area contributed by atoms with Crippen molar-refractivity contribution in [1.82, 2.24) is 4.98 Å². The second-order valence-corrected chi connectivity index (χ2v) is 5.19. The van der Waals surface area contributed by atoms with Crippen LogP contribution in [-0.4, -0.2) is 11.0 Å². The highest BCUT2D eigenvalue weighted by Gasteiger charge is 2.15. The summed E-state index contributed by atoms with van der Waals surface area (Å²) in [5, 5.41) is 1.05. The number of hydrogen-bond acceptors (Lipinski definition) is 3. The van der Waals surface area contributed by atoms with Crippen molar-refractivity contribution in [2.75, 3.05) is 0 Å². The Kier molecular flexibility index (Phi) is 4.21. The maximum atomic E-state index is 13.5. The van der Waals surface area contributed by atoms with E-state index in [2.05, 4.69) is 4.98 Å². The van der Waals surface area contributed by atoms with E-state index in [1.54, 1.807) is 6.07 Å². The highest BCUT2D eigenvalue weighted by atomic mass is 35.5. The van der Waals surface area contributed by atoms with Gasteiger partial charge in [-0.2, -0.15) is 0 Å². The van der Waals surface area contributed by atoms with E-state index in [4.69, 9.17) is 16.3 Å². The van der Waals surface area contributed by atoms with Gasteiger partial charge in [0.15, 0.2) is 0 Å².